The Morgan fingerprint density at radius 3 is 2.83 bits per heavy atom. The Morgan fingerprint density at radius 2 is 1.93 bits per heavy atom. The summed E-state index contributed by atoms with van der Waals surface area (Å²) in [4.78, 5) is 26.7. The maximum atomic E-state index is 14.0. The maximum absolute atomic E-state index is 14.0. The van der Waals surface area contributed by atoms with Crippen molar-refractivity contribution in [2.45, 2.75) is 25.2 Å². The molecule has 0 amide bonds. The summed E-state index contributed by atoms with van der Waals surface area (Å²) in [7, 11) is 0. The van der Waals surface area contributed by atoms with Crippen molar-refractivity contribution in [3.05, 3.63) is 65.1 Å². The number of para-hydroxylation sites is 1. The number of aromatic amines is 1. The second kappa shape index (κ2) is 7.16. The van der Waals surface area contributed by atoms with Gasteiger partial charge >= 0.3 is 0 Å². The van der Waals surface area contributed by atoms with Crippen LogP contribution in [-0.4, -0.2) is 34.0 Å². The Labute approximate surface area is 171 Å². The van der Waals surface area contributed by atoms with E-state index in [4.69, 9.17) is 4.98 Å². The minimum atomic E-state index is -2.66. The topological polar surface area (TPSA) is 61.9 Å². The number of fused-ring (bicyclic) bond motifs is 2. The van der Waals surface area contributed by atoms with E-state index >= 15 is 0 Å². The van der Waals surface area contributed by atoms with Crippen LogP contribution in [0.15, 0.2) is 59.7 Å². The standard InChI is InChI=1S/C23H20F2N4O/c24-23(25)7-3-10-29(11-8-23)22-16(12-15-4-1-2-5-18(15)28-22)20-13-21(30)17-14-26-9-6-19(17)27-20/h1-2,4-6,9,12-14H,3,7-8,10-11H2,(H,27,30). The lowest BCUT2D eigenvalue weighted by molar-refractivity contribution is -0.0102. The molecule has 0 aliphatic carbocycles. The molecule has 1 aliphatic rings. The molecule has 1 N–H and O–H groups in total. The smallest absolute Gasteiger partial charge is 0.249 e. The summed E-state index contributed by atoms with van der Waals surface area (Å²) < 4.78 is 27.9. The number of halogens is 2. The summed E-state index contributed by atoms with van der Waals surface area (Å²) in [5, 5.41) is 1.43. The zero-order chi connectivity index (χ0) is 20.7. The maximum Gasteiger partial charge on any atom is 0.249 e. The fraction of sp³-hybridized carbons (Fsp3) is 0.261. The van der Waals surface area contributed by atoms with Crippen molar-refractivity contribution < 1.29 is 8.78 Å². The van der Waals surface area contributed by atoms with Gasteiger partial charge in [-0.15, -0.1) is 0 Å². The molecule has 0 bridgehead atoms. The molecule has 1 fully saturated rings. The molecule has 1 saturated heterocycles. The highest BCUT2D eigenvalue weighted by atomic mass is 19.3. The monoisotopic (exact) mass is 406 g/mol. The first-order valence-electron chi connectivity index (χ1n) is 10.0. The van der Waals surface area contributed by atoms with Gasteiger partial charge in [-0.2, -0.15) is 0 Å². The van der Waals surface area contributed by atoms with Crippen LogP contribution in [0.1, 0.15) is 19.3 Å². The highest BCUT2D eigenvalue weighted by Crippen LogP contribution is 2.35. The molecule has 4 heterocycles. The Bertz CT molecular complexity index is 1300. The number of alkyl halides is 2. The summed E-state index contributed by atoms with van der Waals surface area (Å²) in [5.41, 5.74) is 2.67. The number of pyridine rings is 3. The SMILES string of the molecule is O=c1cc(-c2cc3ccccc3nc2N2CCCC(F)(F)CC2)[nH]c2ccncc12. The van der Waals surface area contributed by atoms with Crippen LogP contribution in [0.25, 0.3) is 33.1 Å². The molecule has 3 aromatic heterocycles. The Balaban J connectivity index is 1.71. The number of hydrogen-bond acceptors (Lipinski definition) is 4. The third-order valence-electron chi connectivity index (χ3n) is 5.64. The molecule has 0 spiro atoms. The number of hydrogen-bond donors (Lipinski definition) is 1. The van der Waals surface area contributed by atoms with E-state index in [9.17, 15) is 13.6 Å². The molecular formula is C23H20F2N4O. The lowest BCUT2D eigenvalue weighted by atomic mass is 10.1. The molecular weight excluding hydrogens is 386 g/mol. The van der Waals surface area contributed by atoms with Crippen molar-refractivity contribution in [3.8, 4) is 11.3 Å². The van der Waals surface area contributed by atoms with E-state index in [1.54, 1.807) is 12.3 Å². The molecule has 7 heteroatoms. The van der Waals surface area contributed by atoms with E-state index in [-0.39, 0.29) is 24.8 Å². The van der Waals surface area contributed by atoms with Gasteiger partial charge in [-0.3, -0.25) is 9.78 Å². The average Bonchev–Trinajstić information content (AvgIpc) is 2.93. The molecule has 0 radical (unpaired) electrons. The van der Waals surface area contributed by atoms with E-state index in [0.717, 1.165) is 16.5 Å². The lowest BCUT2D eigenvalue weighted by Crippen LogP contribution is -2.27. The largest absolute Gasteiger partial charge is 0.356 e. The predicted molar refractivity (Wildman–Crippen MR) is 114 cm³/mol. The predicted octanol–water partition coefficient (Wildman–Crippen LogP) is 4.76. The Kier molecular flexibility index (Phi) is 4.46. The summed E-state index contributed by atoms with van der Waals surface area (Å²) in [6.07, 6.45) is 3.22. The van der Waals surface area contributed by atoms with E-state index in [1.807, 2.05) is 35.2 Å². The minimum absolute atomic E-state index is 0.119. The van der Waals surface area contributed by atoms with Crippen molar-refractivity contribution in [1.29, 1.82) is 0 Å². The van der Waals surface area contributed by atoms with Crippen molar-refractivity contribution >= 4 is 27.6 Å². The van der Waals surface area contributed by atoms with Gasteiger partial charge in [-0.05, 0) is 24.6 Å². The first kappa shape index (κ1) is 18.7. The summed E-state index contributed by atoms with van der Waals surface area (Å²) in [6.45, 7) is 0.711. The van der Waals surface area contributed by atoms with Crippen LogP contribution in [0.3, 0.4) is 0 Å². The van der Waals surface area contributed by atoms with Gasteiger partial charge in [0.2, 0.25) is 5.92 Å². The van der Waals surface area contributed by atoms with E-state index in [1.165, 1.54) is 12.3 Å². The second-order valence-electron chi connectivity index (χ2n) is 7.72. The molecule has 5 rings (SSSR count). The number of aromatic nitrogens is 3. The summed E-state index contributed by atoms with van der Waals surface area (Å²) >= 11 is 0. The van der Waals surface area contributed by atoms with Crippen LogP contribution in [-0.2, 0) is 0 Å². The third-order valence-corrected chi connectivity index (χ3v) is 5.64. The second-order valence-corrected chi connectivity index (χ2v) is 7.72. The summed E-state index contributed by atoms with van der Waals surface area (Å²) in [6, 6.07) is 12.9. The molecule has 0 atom stereocenters. The third kappa shape index (κ3) is 3.40. The van der Waals surface area contributed by atoms with Gasteiger partial charge in [0, 0.05) is 55.3 Å². The van der Waals surface area contributed by atoms with E-state index in [2.05, 4.69) is 9.97 Å². The van der Waals surface area contributed by atoms with Gasteiger partial charge in [-0.1, -0.05) is 18.2 Å². The highest BCUT2D eigenvalue weighted by molar-refractivity contribution is 5.90. The molecule has 5 nitrogen and oxygen atoms in total. The summed E-state index contributed by atoms with van der Waals surface area (Å²) in [5.74, 6) is -2.04. The first-order valence-corrected chi connectivity index (χ1v) is 10.0. The highest BCUT2D eigenvalue weighted by Gasteiger charge is 2.32. The van der Waals surface area contributed by atoms with Gasteiger partial charge in [0.25, 0.3) is 0 Å². The zero-order valence-corrected chi connectivity index (χ0v) is 16.2. The Hall–Kier alpha value is -3.35. The van der Waals surface area contributed by atoms with Gasteiger partial charge in [-0.25, -0.2) is 13.8 Å². The number of benzene rings is 1. The normalized spacial score (nSPS) is 16.7. The molecule has 4 aromatic rings. The number of rotatable bonds is 2. The molecule has 30 heavy (non-hydrogen) atoms. The van der Waals surface area contributed by atoms with Crippen LogP contribution >= 0.6 is 0 Å². The molecule has 1 aliphatic heterocycles. The number of anilines is 1. The van der Waals surface area contributed by atoms with Crippen molar-refractivity contribution in [1.82, 2.24) is 15.0 Å². The number of H-pyrrole nitrogens is 1. The fourth-order valence-electron chi connectivity index (χ4n) is 4.06. The van der Waals surface area contributed by atoms with Crippen molar-refractivity contribution in [2.24, 2.45) is 0 Å². The van der Waals surface area contributed by atoms with E-state index in [0.29, 0.717) is 35.4 Å². The van der Waals surface area contributed by atoms with Crippen LogP contribution in [0, 0.1) is 0 Å². The fourth-order valence-corrected chi connectivity index (χ4v) is 4.06. The van der Waals surface area contributed by atoms with Crippen LogP contribution in [0.5, 0.6) is 0 Å². The number of nitrogens with one attached hydrogen (secondary N) is 1. The van der Waals surface area contributed by atoms with Crippen molar-refractivity contribution in [3.63, 3.8) is 0 Å². The van der Waals surface area contributed by atoms with Gasteiger partial charge in [0.05, 0.1) is 22.1 Å². The first-order chi connectivity index (χ1) is 14.5. The zero-order valence-electron chi connectivity index (χ0n) is 16.2. The number of nitrogens with zero attached hydrogens (tertiary/aromatic N) is 3. The van der Waals surface area contributed by atoms with Gasteiger partial charge in [0.1, 0.15) is 5.82 Å². The van der Waals surface area contributed by atoms with Crippen LogP contribution in [0.4, 0.5) is 14.6 Å². The van der Waals surface area contributed by atoms with E-state index < -0.39 is 5.92 Å². The minimum Gasteiger partial charge on any atom is -0.356 e. The lowest BCUT2D eigenvalue weighted by Gasteiger charge is -2.25. The molecule has 0 saturated carbocycles. The average molecular weight is 406 g/mol. The van der Waals surface area contributed by atoms with Crippen LogP contribution < -0.4 is 10.3 Å². The van der Waals surface area contributed by atoms with Gasteiger partial charge in [0.15, 0.2) is 5.43 Å². The molecule has 152 valence electrons. The quantitative estimate of drug-likeness (QED) is 0.521. The molecule has 0 unspecified atom stereocenters. The van der Waals surface area contributed by atoms with Crippen molar-refractivity contribution in [2.75, 3.05) is 18.0 Å². The van der Waals surface area contributed by atoms with Gasteiger partial charge < -0.3 is 9.88 Å². The Morgan fingerprint density at radius 1 is 1.07 bits per heavy atom. The molecule has 1 aromatic carbocycles. The van der Waals surface area contributed by atoms with Crippen LogP contribution in [0.2, 0.25) is 0 Å².